The van der Waals surface area contributed by atoms with Crippen molar-refractivity contribution in [3.8, 4) is 0 Å². The summed E-state index contributed by atoms with van der Waals surface area (Å²) in [5, 5.41) is -1.13. The lowest BCUT2D eigenvalue weighted by atomic mass is 9.72. The standard InChI is InChI=1S/C26H46O7S2/c1-18-3-12-23(13-4-18)34(27,28)24-14-10-22(11-15-24)33-21-8-5-19(6-9-21)20-7-16-25(32-2)26(17-20)35(29,30)31/h18-26H,3-17H2,1-2H3,(H,29,30,31). The molecule has 0 aromatic heterocycles. The summed E-state index contributed by atoms with van der Waals surface area (Å²) in [6.45, 7) is 2.22. The smallest absolute Gasteiger partial charge is 0.270 e. The molecule has 0 aromatic rings. The topological polar surface area (TPSA) is 107 Å². The molecule has 0 bridgehead atoms. The van der Waals surface area contributed by atoms with Gasteiger partial charge in [0.15, 0.2) is 9.84 Å². The Morgan fingerprint density at radius 1 is 0.657 bits per heavy atom. The Kier molecular flexibility index (Phi) is 9.27. The van der Waals surface area contributed by atoms with Crippen molar-refractivity contribution < 1.29 is 30.9 Å². The number of ether oxygens (including phenoxy) is 2. The van der Waals surface area contributed by atoms with Gasteiger partial charge < -0.3 is 9.47 Å². The molecule has 0 spiro atoms. The van der Waals surface area contributed by atoms with Gasteiger partial charge in [-0.2, -0.15) is 8.42 Å². The summed E-state index contributed by atoms with van der Waals surface area (Å²) >= 11 is 0. The monoisotopic (exact) mass is 534 g/mol. The Morgan fingerprint density at radius 3 is 1.66 bits per heavy atom. The van der Waals surface area contributed by atoms with E-state index in [1.165, 1.54) is 7.11 Å². The number of sulfone groups is 1. The molecule has 4 aliphatic carbocycles. The van der Waals surface area contributed by atoms with Crippen LogP contribution in [0.5, 0.6) is 0 Å². The molecule has 7 nitrogen and oxygen atoms in total. The molecule has 9 heteroatoms. The first-order chi connectivity index (χ1) is 16.6. The van der Waals surface area contributed by atoms with Crippen LogP contribution in [0.2, 0.25) is 0 Å². The van der Waals surface area contributed by atoms with Crippen LogP contribution in [0.15, 0.2) is 0 Å². The van der Waals surface area contributed by atoms with E-state index >= 15 is 0 Å². The van der Waals surface area contributed by atoms with E-state index in [0.717, 1.165) is 83.5 Å². The molecule has 0 aromatic carbocycles. The number of hydrogen-bond donors (Lipinski definition) is 1. The van der Waals surface area contributed by atoms with E-state index < -0.39 is 31.3 Å². The minimum Gasteiger partial charge on any atom is -0.380 e. The third-order valence-corrected chi connectivity index (χ3v) is 13.8. The van der Waals surface area contributed by atoms with Crippen molar-refractivity contribution in [3.63, 3.8) is 0 Å². The molecule has 1 N–H and O–H groups in total. The van der Waals surface area contributed by atoms with Gasteiger partial charge >= 0.3 is 0 Å². The molecule has 0 radical (unpaired) electrons. The van der Waals surface area contributed by atoms with E-state index in [-0.39, 0.29) is 22.7 Å². The highest BCUT2D eigenvalue weighted by molar-refractivity contribution is 7.92. The van der Waals surface area contributed by atoms with Crippen LogP contribution in [-0.2, 0) is 29.4 Å². The van der Waals surface area contributed by atoms with Crippen molar-refractivity contribution in [2.24, 2.45) is 17.8 Å². The minimum absolute atomic E-state index is 0.129. The van der Waals surface area contributed by atoms with Gasteiger partial charge in [-0.25, -0.2) is 8.42 Å². The highest BCUT2D eigenvalue weighted by atomic mass is 32.2. The van der Waals surface area contributed by atoms with Crippen molar-refractivity contribution in [3.05, 3.63) is 0 Å². The van der Waals surface area contributed by atoms with Gasteiger partial charge in [-0.05, 0) is 114 Å². The van der Waals surface area contributed by atoms with Crippen LogP contribution in [0.4, 0.5) is 0 Å². The summed E-state index contributed by atoms with van der Waals surface area (Å²) in [4.78, 5) is 0. The molecular formula is C26H46O7S2. The lowest BCUT2D eigenvalue weighted by Gasteiger charge is -2.41. The van der Waals surface area contributed by atoms with Crippen LogP contribution >= 0.6 is 0 Å². The van der Waals surface area contributed by atoms with Gasteiger partial charge in [0.25, 0.3) is 10.1 Å². The fourth-order valence-electron chi connectivity index (χ4n) is 7.44. The zero-order valence-electron chi connectivity index (χ0n) is 21.5. The van der Waals surface area contributed by atoms with Crippen LogP contribution in [0, 0.1) is 17.8 Å². The molecule has 4 rings (SSSR count). The Morgan fingerprint density at radius 2 is 1.14 bits per heavy atom. The van der Waals surface area contributed by atoms with Gasteiger partial charge in [-0.15, -0.1) is 0 Å². The average molecular weight is 535 g/mol. The summed E-state index contributed by atoms with van der Waals surface area (Å²) in [6.07, 6.45) is 12.9. The lowest BCUT2D eigenvalue weighted by molar-refractivity contribution is -0.0566. The van der Waals surface area contributed by atoms with Gasteiger partial charge in [0.1, 0.15) is 5.25 Å². The van der Waals surface area contributed by atoms with Crippen LogP contribution in [0.3, 0.4) is 0 Å². The molecule has 0 amide bonds. The Bertz CT molecular complexity index is 879. The molecule has 35 heavy (non-hydrogen) atoms. The van der Waals surface area contributed by atoms with Gasteiger partial charge in [0.05, 0.1) is 28.8 Å². The van der Waals surface area contributed by atoms with Crippen molar-refractivity contribution in [2.75, 3.05) is 7.11 Å². The molecule has 0 saturated heterocycles. The molecule has 3 atom stereocenters. The average Bonchev–Trinajstić information content (AvgIpc) is 2.84. The summed E-state index contributed by atoms with van der Waals surface area (Å²) in [5.74, 6) is 1.43. The van der Waals surface area contributed by atoms with Crippen molar-refractivity contribution in [1.82, 2.24) is 0 Å². The largest absolute Gasteiger partial charge is 0.380 e. The molecule has 204 valence electrons. The van der Waals surface area contributed by atoms with Crippen LogP contribution in [0.25, 0.3) is 0 Å². The van der Waals surface area contributed by atoms with Crippen LogP contribution in [0.1, 0.15) is 103 Å². The molecule has 0 aliphatic heterocycles. The van der Waals surface area contributed by atoms with Crippen molar-refractivity contribution in [2.45, 2.75) is 137 Å². The maximum Gasteiger partial charge on any atom is 0.270 e. The third kappa shape index (κ3) is 6.81. The Labute approximate surface area is 212 Å². The Hall–Kier alpha value is -0.220. The van der Waals surface area contributed by atoms with E-state index in [1.54, 1.807) is 0 Å². The van der Waals surface area contributed by atoms with E-state index in [2.05, 4.69) is 6.92 Å². The summed E-state index contributed by atoms with van der Waals surface area (Å²) in [7, 11) is -5.62. The first-order valence-corrected chi connectivity index (χ1v) is 17.1. The van der Waals surface area contributed by atoms with Gasteiger partial charge in [0, 0.05) is 7.11 Å². The zero-order valence-corrected chi connectivity index (χ0v) is 23.1. The second-order valence-corrected chi connectivity index (χ2v) is 16.1. The number of rotatable bonds is 7. The van der Waals surface area contributed by atoms with Crippen LogP contribution < -0.4 is 0 Å². The van der Waals surface area contributed by atoms with E-state index in [4.69, 9.17) is 9.47 Å². The minimum atomic E-state index is -4.11. The summed E-state index contributed by atoms with van der Waals surface area (Å²) in [6, 6.07) is 0. The SMILES string of the molecule is COC1CCC(C2CCC(OC3CCC(S(=O)(=O)C4CCC(C)CC4)CC3)CC2)CC1S(=O)(=O)O. The lowest BCUT2D eigenvalue weighted by Crippen LogP contribution is -2.43. The molecular weight excluding hydrogens is 488 g/mol. The first-order valence-electron chi connectivity index (χ1n) is 13.9. The van der Waals surface area contributed by atoms with Gasteiger partial charge in [0.2, 0.25) is 0 Å². The summed E-state index contributed by atoms with van der Waals surface area (Å²) in [5.41, 5.74) is 0. The predicted octanol–water partition coefficient (Wildman–Crippen LogP) is 4.94. The van der Waals surface area contributed by atoms with E-state index in [1.807, 2.05) is 0 Å². The second kappa shape index (κ2) is 11.7. The number of hydrogen-bond acceptors (Lipinski definition) is 6. The Balaban J connectivity index is 1.20. The van der Waals surface area contributed by atoms with Gasteiger partial charge in [-0.1, -0.05) is 6.92 Å². The highest BCUT2D eigenvalue weighted by Gasteiger charge is 2.42. The summed E-state index contributed by atoms with van der Waals surface area (Å²) < 4.78 is 71.5. The maximum absolute atomic E-state index is 13.2. The molecule has 0 heterocycles. The van der Waals surface area contributed by atoms with E-state index in [9.17, 15) is 21.4 Å². The van der Waals surface area contributed by atoms with Crippen LogP contribution in [-0.4, -0.2) is 62.6 Å². The quantitative estimate of drug-likeness (QED) is 0.461. The molecule has 3 unspecified atom stereocenters. The molecule has 4 fully saturated rings. The fraction of sp³-hybridized carbons (Fsp3) is 1.00. The first kappa shape index (κ1) is 27.8. The molecule has 4 aliphatic rings. The second-order valence-electron chi connectivity index (χ2n) is 11.9. The van der Waals surface area contributed by atoms with Gasteiger partial charge in [-0.3, -0.25) is 4.55 Å². The normalized spacial score (nSPS) is 42.0. The number of methoxy groups -OCH3 is 1. The zero-order chi connectivity index (χ0) is 25.2. The third-order valence-electron chi connectivity index (χ3n) is 9.74. The fourth-order valence-corrected chi connectivity index (χ4v) is 11.0. The predicted molar refractivity (Wildman–Crippen MR) is 137 cm³/mol. The van der Waals surface area contributed by atoms with E-state index in [0.29, 0.717) is 30.6 Å². The van der Waals surface area contributed by atoms with Crippen molar-refractivity contribution in [1.29, 1.82) is 0 Å². The molecule has 4 saturated carbocycles. The van der Waals surface area contributed by atoms with Crippen molar-refractivity contribution >= 4 is 20.0 Å². The highest BCUT2D eigenvalue weighted by Crippen LogP contribution is 2.42. The maximum atomic E-state index is 13.2.